The highest BCUT2D eigenvalue weighted by Crippen LogP contribution is 2.32. The van der Waals surface area contributed by atoms with E-state index in [0.717, 1.165) is 24.3 Å². The first-order valence-corrected chi connectivity index (χ1v) is 7.42. The number of hydrogen-bond donors (Lipinski definition) is 2. The van der Waals surface area contributed by atoms with Crippen molar-refractivity contribution in [1.29, 1.82) is 0 Å². The van der Waals surface area contributed by atoms with Crippen molar-refractivity contribution < 1.29 is 9.53 Å². The van der Waals surface area contributed by atoms with Crippen LogP contribution in [0.5, 0.6) is 5.75 Å². The zero-order valence-corrected chi connectivity index (χ0v) is 13.8. The van der Waals surface area contributed by atoms with Crippen molar-refractivity contribution in [2.45, 2.75) is 18.9 Å². The van der Waals surface area contributed by atoms with Crippen LogP contribution in [0.1, 0.15) is 23.3 Å². The van der Waals surface area contributed by atoms with Crippen LogP contribution >= 0.6 is 12.4 Å². The van der Waals surface area contributed by atoms with Crippen LogP contribution in [-0.2, 0) is 0 Å². The smallest absolute Gasteiger partial charge is 0.272 e. The molecule has 1 heterocycles. The fraction of sp³-hybridized carbons (Fsp3) is 0.375. The molecule has 1 unspecified atom stereocenters. The molecule has 1 aliphatic carbocycles. The first-order chi connectivity index (χ1) is 10.7. The minimum Gasteiger partial charge on any atom is -0.497 e. The van der Waals surface area contributed by atoms with Gasteiger partial charge in [0.15, 0.2) is 5.69 Å². The minimum absolute atomic E-state index is 0. The lowest BCUT2D eigenvalue weighted by Gasteiger charge is -2.14. The fourth-order valence-corrected chi connectivity index (χ4v) is 2.43. The number of carbonyl (C=O) groups is 1. The van der Waals surface area contributed by atoms with Gasteiger partial charge in [0.05, 0.1) is 12.8 Å². The Labute approximate surface area is 141 Å². The van der Waals surface area contributed by atoms with Gasteiger partial charge in [-0.05, 0) is 49.1 Å². The number of ether oxygens (including phenoxy) is 1. The number of amides is 1. The van der Waals surface area contributed by atoms with E-state index < -0.39 is 0 Å². The third-order valence-corrected chi connectivity index (χ3v) is 3.92. The van der Waals surface area contributed by atoms with Gasteiger partial charge < -0.3 is 15.8 Å². The lowest BCUT2D eigenvalue weighted by atomic mass is 10.2. The third-order valence-electron chi connectivity index (χ3n) is 3.92. The summed E-state index contributed by atoms with van der Waals surface area (Å²) in [5.41, 5.74) is 6.98. The van der Waals surface area contributed by atoms with Gasteiger partial charge in [-0.2, -0.15) is 5.10 Å². The highest BCUT2D eigenvalue weighted by molar-refractivity contribution is 5.92. The number of carbonyl (C=O) groups excluding carboxylic acids is 1. The predicted octanol–water partition coefficient (Wildman–Crippen LogP) is 1.77. The van der Waals surface area contributed by atoms with Crippen molar-refractivity contribution in [2.75, 3.05) is 13.7 Å². The van der Waals surface area contributed by atoms with E-state index in [1.165, 1.54) is 0 Å². The fourth-order valence-electron chi connectivity index (χ4n) is 2.43. The topological polar surface area (TPSA) is 82.2 Å². The summed E-state index contributed by atoms with van der Waals surface area (Å²) in [5.74, 6) is 1.14. The van der Waals surface area contributed by atoms with E-state index in [1.807, 2.05) is 24.3 Å². The van der Waals surface area contributed by atoms with E-state index in [-0.39, 0.29) is 24.4 Å². The van der Waals surface area contributed by atoms with Gasteiger partial charge in [0, 0.05) is 18.8 Å². The Balaban J connectivity index is 0.00000192. The van der Waals surface area contributed by atoms with Crippen LogP contribution in [0.15, 0.2) is 36.5 Å². The molecule has 1 aromatic heterocycles. The van der Waals surface area contributed by atoms with Crippen molar-refractivity contribution in [3.05, 3.63) is 42.2 Å². The molecule has 1 atom stereocenters. The molecule has 6 nitrogen and oxygen atoms in total. The van der Waals surface area contributed by atoms with E-state index in [2.05, 4.69) is 10.4 Å². The highest BCUT2D eigenvalue weighted by Gasteiger charge is 2.31. The molecule has 0 radical (unpaired) electrons. The summed E-state index contributed by atoms with van der Waals surface area (Å²) < 4.78 is 6.80. The Hall–Kier alpha value is -2.05. The zero-order valence-electron chi connectivity index (χ0n) is 12.9. The summed E-state index contributed by atoms with van der Waals surface area (Å²) in [6.07, 6.45) is 4.05. The van der Waals surface area contributed by atoms with Crippen molar-refractivity contribution in [1.82, 2.24) is 15.1 Å². The van der Waals surface area contributed by atoms with Gasteiger partial charge in [-0.15, -0.1) is 12.4 Å². The van der Waals surface area contributed by atoms with Gasteiger partial charge in [0.2, 0.25) is 0 Å². The van der Waals surface area contributed by atoms with E-state index in [9.17, 15) is 4.79 Å². The summed E-state index contributed by atoms with van der Waals surface area (Å²) in [4.78, 5) is 12.2. The average molecular weight is 337 g/mol. The van der Waals surface area contributed by atoms with E-state index in [1.54, 1.807) is 24.1 Å². The zero-order chi connectivity index (χ0) is 15.5. The normalized spacial score (nSPS) is 14.7. The number of hydrogen-bond acceptors (Lipinski definition) is 4. The van der Waals surface area contributed by atoms with Crippen LogP contribution in [0.25, 0.3) is 5.69 Å². The van der Waals surface area contributed by atoms with E-state index in [0.29, 0.717) is 18.2 Å². The second-order valence-corrected chi connectivity index (χ2v) is 5.50. The Morgan fingerprint density at radius 1 is 1.39 bits per heavy atom. The number of benzene rings is 1. The maximum absolute atomic E-state index is 12.2. The van der Waals surface area contributed by atoms with Gasteiger partial charge in [-0.3, -0.25) is 4.79 Å². The average Bonchev–Trinajstić information content (AvgIpc) is 3.28. The van der Waals surface area contributed by atoms with Crippen LogP contribution in [0.4, 0.5) is 0 Å². The molecule has 1 aromatic carbocycles. The summed E-state index contributed by atoms with van der Waals surface area (Å²) in [6.45, 7) is 0.468. The van der Waals surface area contributed by atoms with Crippen molar-refractivity contribution in [3.63, 3.8) is 0 Å². The van der Waals surface area contributed by atoms with Crippen LogP contribution in [0.3, 0.4) is 0 Å². The summed E-state index contributed by atoms with van der Waals surface area (Å²) in [5, 5.41) is 7.29. The molecule has 0 aliphatic heterocycles. The van der Waals surface area contributed by atoms with Crippen LogP contribution in [-0.4, -0.2) is 35.4 Å². The SMILES string of the molecule is COc1ccc(-n2ccc(C(=O)NC(CN)C3CC3)n2)cc1.Cl. The van der Waals surface area contributed by atoms with Gasteiger partial charge in [-0.1, -0.05) is 0 Å². The van der Waals surface area contributed by atoms with Crippen LogP contribution in [0, 0.1) is 5.92 Å². The molecule has 0 spiro atoms. The number of halogens is 1. The molecule has 0 bridgehead atoms. The van der Waals surface area contributed by atoms with Gasteiger partial charge in [0.25, 0.3) is 5.91 Å². The van der Waals surface area contributed by atoms with E-state index >= 15 is 0 Å². The number of nitrogens with zero attached hydrogens (tertiary/aromatic N) is 2. The molecule has 1 fully saturated rings. The predicted molar refractivity (Wildman–Crippen MR) is 90.4 cm³/mol. The number of aromatic nitrogens is 2. The molecule has 1 amide bonds. The van der Waals surface area contributed by atoms with Crippen molar-refractivity contribution in [2.24, 2.45) is 11.7 Å². The molecular formula is C16H21ClN4O2. The molecule has 0 saturated heterocycles. The standard InChI is InChI=1S/C16H20N4O2.ClH/c1-22-13-6-4-12(5-7-13)20-9-8-14(19-20)16(21)18-15(10-17)11-2-3-11;/h4-9,11,15H,2-3,10,17H2,1H3,(H,18,21);1H. The summed E-state index contributed by atoms with van der Waals surface area (Å²) in [7, 11) is 1.62. The van der Waals surface area contributed by atoms with Crippen LogP contribution in [0.2, 0.25) is 0 Å². The quantitative estimate of drug-likeness (QED) is 0.842. The van der Waals surface area contributed by atoms with Crippen molar-refractivity contribution >= 4 is 18.3 Å². The highest BCUT2D eigenvalue weighted by atomic mass is 35.5. The molecular weight excluding hydrogens is 316 g/mol. The Morgan fingerprint density at radius 3 is 2.65 bits per heavy atom. The molecule has 3 N–H and O–H groups in total. The van der Waals surface area contributed by atoms with E-state index in [4.69, 9.17) is 10.5 Å². The third kappa shape index (κ3) is 4.03. The largest absolute Gasteiger partial charge is 0.497 e. The van der Waals surface area contributed by atoms with Crippen LogP contribution < -0.4 is 15.8 Å². The lowest BCUT2D eigenvalue weighted by Crippen LogP contribution is -2.41. The second kappa shape index (κ2) is 7.48. The molecule has 1 aliphatic rings. The molecule has 3 rings (SSSR count). The maximum Gasteiger partial charge on any atom is 0.272 e. The molecule has 23 heavy (non-hydrogen) atoms. The molecule has 124 valence electrons. The molecule has 1 saturated carbocycles. The number of rotatable bonds is 6. The number of nitrogens with two attached hydrogens (primary N) is 1. The number of nitrogens with one attached hydrogen (secondary N) is 1. The molecule has 2 aromatic rings. The Kier molecular flexibility index (Phi) is 5.63. The number of methoxy groups -OCH3 is 1. The maximum atomic E-state index is 12.2. The van der Waals surface area contributed by atoms with Crippen molar-refractivity contribution in [3.8, 4) is 11.4 Å². The summed E-state index contributed by atoms with van der Waals surface area (Å²) >= 11 is 0. The minimum atomic E-state index is -0.172. The Morgan fingerprint density at radius 2 is 2.09 bits per heavy atom. The summed E-state index contributed by atoms with van der Waals surface area (Å²) in [6, 6.07) is 9.25. The van der Waals surface area contributed by atoms with Gasteiger partial charge >= 0.3 is 0 Å². The Bertz CT molecular complexity index is 652. The molecule has 7 heteroatoms. The lowest BCUT2D eigenvalue weighted by molar-refractivity contribution is 0.0928. The first-order valence-electron chi connectivity index (χ1n) is 7.42. The second-order valence-electron chi connectivity index (χ2n) is 5.50. The van der Waals surface area contributed by atoms with Gasteiger partial charge in [0.1, 0.15) is 5.75 Å². The monoisotopic (exact) mass is 336 g/mol. The first kappa shape index (κ1) is 17.3. The van der Waals surface area contributed by atoms with Gasteiger partial charge in [-0.25, -0.2) is 4.68 Å².